The first-order valence-electron chi connectivity index (χ1n) is 6.71. The van der Waals surface area contributed by atoms with Gasteiger partial charge in [0.1, 0.15) is 0 Å². The fourth-order valence-corrected chi connectivity index (χ4v) is 2.44. The van der Waals surface area contributed by atoms with Gasteiger partial charge in [-0.15, -0.1) is 0 Å². The van der Waals surface area contributed by atoms with Gasteiger partial charge in [-0.2, -0.15) is 0 Å². The van der Waals surface area contributed by atoms with Crippen LogP contribution in [0, 0.1) is 0 Å². The molecule has 1 fully saturated rings. The molecule has 6 heteroatoms. The van der Waals surface area contributed by atoms with Crippen LogP contribution in [0.5, 0.6) is 11.5 Å². The number of benzene rings is 1. The molecule has 20 heavy (non-hydrogen) atoms. The molecular weight excluding hydrogens is 260 g/mol. The van der Waals surface area contributed by atoms with Crippen molar-refractivity contribution in [2.45, 2.75) is 19.1 Å². The van der Waals surface area contributed by atoms with E-state index in [0.717, 1.165) is 0 Å². The number of hydrogen-bond acceptors (Lipinski definition) is 5. The molecule has 2 aliphatic heterocycles. The van der Waals surface area contributed by atoms with Gasteiger partial charge < -0.3 is 24.8 Å². The highest BCUT2D eigenvalue weighted by molar-refractivity contribution is 5.95. The van der Waals surface area contributed by atoms with Gasteiger partial charge in [0.2, 0.25) is 6.79 Å². The Kier molecular flexibility index (Phi) is 3.50. The van der Waals surface area contributed by atoms with E-state index >= 15 is 0 Å². The highest BCUT2D eigenvalue weighted by atomic mass is 16.7. The van der Waals surface area contributed by atoms with E-state index in [1.807, 2.05) is 6.92 Å². The Bertz CT molecular complexity index is 520. The second kappa shape index (κ2) is 5.30. The van der Waals surface area contributed by atoms with Crippen molar-refractivity contribution in [3.05, 3.63) is 23.8 Å². The minimum absolute atomic E-state index is 0.0300. The topological polar surface area (TPSA) is 74.0 Å². The van der Waals surface area contributed by atoms with Crippen molar-refractivity contribution in [3.63, 3.8) is 0 Å². The summed E-state index contributed by atoms with van der Waals surface area (Å²) in [6.45, 7) is 3.62. The third-order valence-corrected chi connectivity index (χ3v) is 3.65. The van der Waals surface area contributed by atoms with Gasteiger partial charge in [0.25, 0.3) is 5.91 Å². The molecule has 2 heterocycles. The van der Waals surface area contributed by atoms with Crippen molar-refractivity contribution in [2.24, 2.45) is 5.73 Å². The molecule has 0 aromatic heterocycles. The monoisotopic (exact) mass is 278 g/mol. The fourth-order valence-electron chi connectivity index (χ4n) is 2.44. The van der Waals surface area contributed by atoms with E-state index in [2.05, 4.69) is 0 Å². The number of nitrogens with two attached hydrogens (primary N) is 1. The smallest absolute Gasteiger partial charge is 0.254 e. The molecule has 1 saturated heterocycles. The predicted octanol–water partition coefficient (Wildman–Crippen LogP) is 0.604. The zero-order valence-electron chi connectivity index (χ0n) is 11.4. The number of carbonyl (C=O) groups excluding carboxylic acids is 1. The molecule has 1 aromatic rings. The van der Waals surface area contributed by atoms with E-state index in [9.17, 15) is 4.79 Å². The molecule has 0 spiro atoms. The van der Waals surface area contributed by atoms with Crippen molar-refractivity contribution < 1.29 is 19.0 Å². The Hall–Kier alpha value is -1.79. The Morgan fingerprint density at radius 3 is 3.00 bits per heavy atom. The lowest BCUT2D eigenvalue weighted by Crippen LogP contribution is -2.52. The summed E-state index contributed by atoms with van der Waals surface area (Å²) in [7, 11) is 0. The minimum Gasteiger partial charge on any atom is -0.454 e. The summed E-state index contributed by atoms with van der Waals surface area (Å²) in [4.78, 5) is 14.4. The van der Waals surface area contributed by atoms with E-state index in [1.165, 1.54) is 0 Å². The molecule has 1 aromatic carbocycles. The Morgan fingerprint density at radius 1 is 1.40 bits per heavy atom. The maximum absolute atomic E-state index is 12.6. The number of fused-ring (bicyclic) bond motifs is 1. The third-order valence-electron chi connectivity index (χ3n) is 3.65. The van der Waals surface area contributed by atoms with Crippen LogP contribution in [0.3, 0.4) is 0 Å². The Labute approximate surface area is 117 Å². The molecule has 2 unspecified atom stereocenters. The van der Waals surface area contributed by atoms with Gasteiger partial charge in [-0.1, -0.05) is 0 Å². The number of ether oxygens (including phenoxy) is 3. The van der Waals surface area contributed by atoms with Crippen molar-refractivity contribution in [1.29, 1.82) is 0 Å². The molecule has 0 saturated carbocycles. The van der Waals surface area contributed by atoms with Crippen LogP contribution in [0.2, 0.25) is 0 Å². The standard InChI is InChI=1S/C14H18N2O4/c1-9-7-18-11(5-15)6-16(9)14(17)10-2-3-12-13(4-10)20-8-19-12/h2-4,9,11H,5-8,15H2,1H3. The summed E-state index contributed by atoms with van der Waals surface area (Å²) in [5.41, 5.74) is 6.22. The number of carbonyl (C=O) groups is 1. The average Bonchev–Trinajstić information content (AvgIpc) is 2.94. The fraction of sp³-hybridized carbons (Fsp3) is 0.500. The molecular formula is C14H18N2O4. The molecule has 3 rings (SSSR count). The van der Waals surface area contributed by atoms with Crippen molar-refractivity contribution >= 4 is 5.91 Å². The number of hydrogen-bond donors (Lipinski definition) is 1. The first-order chi connectivity index (χ1) is 9.69. The van der Waals surface area contributed by atoms with Crippen LogP contribution in [-0.2, 0) is 4.74 Å². The number of amides is 1. The van der Waals surface area contributed by atoms with Crippen molar-refractivity contribution in [3.8, 4) is 11.5 Å². The average molecular weight is 278 g/mol. The molecule has 0 aliphatic carbocycles. The van der Waals surface area contributed by atoms with E-state index in [-0.39, 0.29) is 24.8 Å². The van der Waals surface area contributed by atoms with Gasteiger partial charge in [-0.3, -0.25) is 4.79 Å². The van der Waals surface area contributed by atoms with Crippen LogP contribution in [0.25, 0.3) is 0 Å². The van der Waals surface area contributed by atoms with Crippen molar-refractivity contribution in [1.82, 2.24) is 4.90 Å². The molecule has 108 valence electrons. The normalized spacial score (nSPS) is 24.8. The number of nitrogens with zero attached hydrogens (tertiary/aromatic N) is 1. The van der Waals surface area contributed by atoms with Gasteiger partial charge in [0, 0.05) is 18.7 Å². The molecule has 0 bridgehead atoms. The third kappa shape index (κ3) is 2.32. The molecule has 2 atom stereocenters. The molecule has 2 N–H and O–H groups in total. The molecule has 0 radical (unpaired) electrons. The quantitative estimate of drug-likeness (QED) is 0.857. The maximum atomic E-state index is 12.6. The van der Waals surface area contributed by atoms with Gasteiger partial charge in [0.15, 0.2) is 11.5 Å². The van der Waals surface area contributed by atoms with Crippen LogP contribution in [0.15, 0.2) is 18.2 Å². The van der Waals surface area contributed by atoms with Crippen LogP contribution in [0.4, 0.5) is 0 Å². The SMILES string of the molecule is CC1COC(CN)CN1C(=O)c1ccc2c(c1)OCO2. The van der Waals surface area contributed by atoms with Crippen LogP contribution in [0.1, 0.15) is 17.3 Å². The van der Waals surface area contributed by atoms with E-state index < -0.39 is 0 Å². The van der Waals surface area contributed by atoms with Gasteiger partial charge in [-0.05, 0) is 25.1 Å². The molecule has 6 nitrogen and oxygen atoms in total. The first-order valence-corrected chi connectivity index (χ1v) is 6.71. The first kappa shape index (κ1) is 13.2. The number of morpholine rings is 1. The second-order valence-electron chi connectivity index (χ2n) is 5.07. The zero-order valence-corrected chi connectivity index (χ0v) is 11.4. The summed E-state index contributed by atoms with van der Waals surface area (Å²) in [5.74, 6) is 1.26. The molecule has 2 aliphatic rings. The maximum Gasteiger partial charge on any atom is 0.254 e. The second-order valence-corrected chi connectivity index (χ2v) is 5.07. The Balaban J connectivity index is 1.80. The summed E-state index contributed by atoms with van der Waals surface area (Å²) >= 11 is 0. The van der Waals surface area contributed by atoms with E-state index in [1.54, 1.807) is 23.1 Å². The van der Waals surface area contributed by atoms with Gasteiger partial charge >= 0.3 is 0 Å². The van der Waals surface area contributed by atoms with Crippen LogP contribution in [-0.4, -0.2) is 49.4 Å². The molecule has 1 amide bonds. The summed E-state index contributed by atoms with van der Waals surface area (Å²) < 4.78 is 16.1. The largest absolute Gasteiger partial charge is 0.454 e. The van der Waals surface area contributed by atoms with Crippen LogP contribution >= 0.6 is 0 Å². The summed E-state index contributed by atoms with van der Waals surface area (Å²) in [6, 6.07) is 5.29. The van der Waals surface area contributed by atoms with Gasteiger partial charge in [0.05, 0.1) is 18.8 Å². The van der Waals surface area contributed by atoms with Gasteiger partial charge in [-0.25, -0.2) is 0 Å². The summed E-state index contributed by atoms with van der Waals surface area (Å²) in [5, 5.41) is 0. The highest BCUT2D eigenvalue weighted by Crippen LogP contribution is 2.33. The summed E-state index contributed by atoms with van der Waals surface area (Å²) in [6.07, 6.45) is -0.0934. The minimum atomic E-state index is -0.0934. The highest BCUT2D eigenvalue weighted by Gasteiger charge is 2.30. The zero-order chi connectivity index (χ0) is 14.1. The van der Waals surface area contributed by atoms with E-state index in [4.69, 9.17) is 19.9 Å². The lowest BCUT2D eigenvalue weighted by atomic mass is 10.1. The number of rotatable bonds is 2. The lowest BCUT2D eigenvalue weighted by molar-refractivity contribution is -0.0426. The van der Waals surface area contributed by atoms with Crippen molar-refractivity contribution in [2.75, 3.05) is 26.5 Å². The van der Waals surface area contributed by atoms with Crippen LogP contribution < -0.4 is 15.2 Å². The Morgan fingerprint density at radius 2 is 2.20 bits per heavy atom. The predicted molar refractivity (Wildman–Crippen MR) is 71.9 cm³/mol. The van der Waals surface area contributed by atoms with E-state index in [0.29, 0.717) is 36.8 Å². The lowest BCUT2D eigenvalue weighted by Gasteiger charge is -2.37.